The van der Waals surface area contributed by atoms with E-state index in [1.54, 1.807) is 5.70 Å². The van der Waals surface area contributed by atoms with Gasteiger partial charge in [-0.2, -0.15) is 0 Å². The molecule has 0 radical (unpaired) electrons. The summed E-state index contributed by atoms with van der Waals surface area (Å²) >= 11 is 0.750. The number of rotatable bonds is 7. The molecule has 0 N–H and O–H groups in total. The maximum atomic E-state index is 8.25. The monoisotopic (exact) mass is 254 g/mol. The molecule has 0 aromatic carbocycles. The van der Waals surface area contributed by atoms with Crippen LogP contribution in [0.3, 0.4) is 0 Å². The molecule has 0 bridgehead atoms. The topological polar surface area (TPSA) is 44.8 Å². The summed E-state index contributed by atoms with van der Waals surface area (Å²) in [5, 5.41) is 0. The van der Waals surface area contributed by atoms with E-state index in [1.807, 2.05) is 20.8 Å². The molecule has 0 unspecified atom stereocenters. The molecule has 0 amide bonds. The van der Waals surface area contributed by atoms with Gasteiger partial charge in [-0.1, -0.05) is 6.58 Å². The van der Waals surface area contributed by atoms with E-state index in [0.29, 0.717) is 19.8 Å². The Morgan fingerprint density at radius 1 is 1.07 bits per heavy atom. The predicted molar refractivity (Wildman–Crippen MR) is 51.5 cm³/mol. The summed E-state index contributed by atoms with van der Waals surface area (Å²) in [6.07, 6.45) is 0. The van der Waals surface area contributed by atoms with E-state index >= 15 is 0 Å². The minimum absolute atomic E-state index is 0.595. The molecule has 0 rings (SSSR count). The van der Waals surface area contributed by atoms with Gasteiger partial charge in [0.1, 0.15) is 0 Å². The van der Waals surface area contributed by atoms with Crippen molar-refractivity contribution in [3.63, 3.8) is 0 Å². The molecule has 0 aromatic rings. The molecule has 0 fully saturated rings. The molecule has 0 atom stereocenters. The van der Waals surface area contributed by atoms with Crippen LogP contribution in [0.4, 0.5) is 0 Å². The Hall–Kier alpha value is 0.351. The van der Waals surface area contributed by atoms with Gasteiger partial charge in [-0.25, -0.2) is 0 Å². The summed E-state index contributed by atoms with van der Waals surface area (Å²) in [6, 6.07) is 0. The van der Waals surface area contributed by atoms with Gasteiger partial charge in [-0.15, -0.1) is 0 Å². The van der Waals surface area contributed by atoms with Crippen LogP contribution in [-0.2, 0) is 37.0 Å². The van der Waals surface area contributed by atoms with Gasteiger partial charge in [0, 0.05) is 19.8 Å². The second-order valence-electron chi connectivity index (χ2n) is 2.11. The van der Waals surface area contributed by atoms with Crippen LogP contribution in [0, 0.1) is 0 Å². The average molecular weight is 254 g/mol. The molecule has 0 aliphatic rings. The molecule has 0 aliphatic carbocycles. The van der Waals surface area contributed by atoms with Crippen molar-refractivity contribution in [3.8, 4) is 0 Å². The average Bonchev–Trinajstić information content (AvgIpc) is 2.22. The fourth-order valence-electron chi connectivity index (χ4n) is 0.905. The van der Waals surface area contributed by atoms with Gasteiger partial charge in [0.05, 0.1) is 0 Å². The van der Waals surface area contributed by atoms with Crippen LogP contribution < -0.4 is 0 Å². The van der Waals surface area contributed by atoms with Gasteiger partial charge in [0.25, 0.3) is 0 Å². The third kappa shape index (κ3) is 6.75. The first kappa shape index (κ1) is 16.8. The van der Waals surface area contributed by atoms with Gasteiger partial charge >= 0.3 is 32.5 Å². The Bertz CT molecular complexity index is 128. The van der Waals surface area contributed by atoms with Crippen molar-refractivity contribution in [1.82, 2.24) is 0 Å². The molecule has 0 aromatic heterocycles. The minimum atomic E-state index is -2.51. The second kappa shape index (κ2) is 11.4. The van der Waals surface area contributed by atoms with Gasteiger partial charge in [-0.3, -0.25) is 0 Å². The van der Waals surface area contributed by atoms with E-state index in [2.05, 4.69) is 6.58 Å². The molecule has 0 saturated carbocycles. The molecule has 14 heavy (non-hydrogen) atoms. The molecule has 0 saturated heterocycles. The number of hydrogen-bond donors (Lipinski definition) is 0. The molecular weight excluding hydrogens is 236 g/mol. The van der Waals surface area contributed by atoms with Crippen LogP contribution in [-0.4, -0.2) is 28.6 Å². The zero-order valence-electron chi connectivity index (χ0n) is 9.04. The molecular formula is C8H18O4SiTi. The summed E-state index contributed by atoms with van der Waals surface area (Å²) in [5.74, 6) is 0. The van der Waals surface area contributed by atoms with Gasteiger partial charge in [-0.05, 0) is 26.5 Å². The molecule has 0 aliphatic heterocycles. The van der Waals surface area contributed by atoms with Crippen LogP contribution in [0.15, 0.2) is 12.3 Å². The van der Waals surface area contributed by atoms with E-state index in [-0.39, 0.29) is 0 Å². The molecule has 0 heterocycles. The van der Waals surface area contributed by atoms with Crippen LogP contribution in [0.5, 0.6) is 0 Å². The van der Waals surface area contributed by atoms with Crippen LogP contribution in [0.2, 0.25) is 0 Å². The zero-order chi connectivity index (χ0) is 11.4. The Morgan fingerprint density at radius 3 is 1.50 bits per heavy atom. The van der Waals surface area contributed by atoms with Gasteiger partial charge in [0.2, 0.25) is 0 Å². The first-order chi connectivity index (χ1) is 6.74. The number of hydrogen-bond acceptors (Lipinski definition) is 4. The van der Waals surface area contributed by atoms with Crippen LogP contribution in [0.25, 0.3) is 0 Å². The Kier molecular flexibility index (Phi) is 13.7. The summed E-state index contributed by atoms with van der Waals surface area (Å²) < 4.78 is 24.6. The fraction of sp³-hybridized carbons (Fsp3) is 0.750. The van der Waals surface area contributed by atoms with Crippen LogP contribution in [0.1, 0.15) is 20.8 Å². The standard InChI is InChI=1S/C8H18O3Si.O.Ti/c1-5-9-12(8-4,10-6-2)11-7-3;;/h8H,4-7H2,1-3H3;;. The van der Waals surface area contributed by atoms with Crippen LogP contribution >= 0.6 is 0 Å². The maximum absolute atomic E-state index is 8.25. The van der Waals surface area contributed by atoms with E-state index in [1.165, 1.54) is 0 Å². The normalized spacial score (nSPS) is 10.1. The van der Waals surface area contributed by atoms with Crippen molar-refractivity contribution in [3.05, 3.63) is 12.3 Å². The third-order valence-electron chi connectivity index (χ3n) is 1.29. The predicted octanol–water partition coefficient (Wildman–Crippen LogP) is 1.64. The Labute approximate surface area is 98.7 Å². The molecule has 4 nitrogen and oxygen atoms in total. The van der Waals surface area contributed by atoms with Crippen molar-refractivity contribution in [2.24, 2.45) is 0 Å². The molecule has 82 valence electrons. The fourth-order valence-corrected chi connectivity index (χ4v) is 2.72. The van der Waals surface area contributed by atoms with E-state index in [9.17, 15) is 0 Å². The van der Waals surface area contributed by atoms with Crippen molar-refractivity contribution in [2.45, 2.75) is 20.8 Å². The Morgan fingerprint density at radius 2 is 1.36 bits per heavy atom. The van der Waals surface area contributed by atoms with Crippen molar-refractivity contribution >= 4 is 8.80 Å². The van der Waals surface area contributed by atoms with E-state index in [0.717, 1.165) is 20.4 Å². The molecule has 0 spiro atoms. The second-order valence-corrected chi connectivity index (χ2v) is 4.59. The summed E-state index contributed by atoms with van der Waals surface area (Å²) in [7, 11) is -2.51. The van der Waals surface area contributed by atoms with Gasteiger partial charge < -0.3 is 13.3 Å². The first-order valence-electron chi connectivity index (χ1n) is 4.50. The van der Waals surface area contributed by atoms with Gasteiger partial charge in [0.15, 0.2) is 0 Å². The zero-order valence-corrected chi connectivity index (χ0v) is 11.6. The van der Waals surface area contributed by atoms with E-state index in [4.69, 9.17) is 16.6 Å². The summed E-state index contributed by atoms with van der Waals surface area (Å²) in [5.41, 5.74) is 1.67. The third-order valence-corrected chi connectivity index (χ3v) is 3.86. The molecule has 6 heteroatoms. The van der Waals surface area contributed by atoms with Crippen molar-refractivity contribution in [1.29, 1.82) is 0 Å². The van der Waals surface area contributed by atoms with Crippen molar-refractivity contribution < 1.29 is 37.0 Å². The Balaban J connectivity index is 0. The SMILES string of the molecule is C=C[Si](OCC)(OCC)OCC.[O]=[Ti]. The quantitative estimate of drug-likeness (QED) is 0.648. The summed E-state index contributed by atoms with van der Waals surface area (Å²) in [4.78, 5) is 0. The first-order valence-corrected chi connectivity index (χ1v) is 6.94. The summed E-state index contributed by atoms with van der Waals surface area (Å²) in [6.45, 7) is 11.2. The van der Waals surface area contributed by atoms with E-state index < -0.39 is 8.80 Å². The van der Waals surface area contributed by atoms with Crippen molar-refractivity contribution in [2.75, 3.05) is 19.8 Å².